The van der Waals surface area contributed by atoms with E-state index in [1.807, 2.05) is 24.5 Å². The first-order valence-corrected chi connectivity index (χ1v) is 34.7. The van der Waals surface area contributed by atoms with Gasteiger partial charge >= 0.3 is 5.97 Å². The van der Waals surface area contributed by atoms with Crippen molar-refractivity contribution < 1.29 is 67.7 Å². The number of nitrogens with zero attached hydrogens (tertiary/aromatic N) is 4. The number of rotatable bonds is 34. The van der Waals surface area contributed by atoms with Crippen LogP contribution in [0.4, 0.5) is 0 Å². The molecular weight excluding hydrogens is 1250 g/mol. The highest BCUT2D eigenvalue weighted by Crippen LogP contribution is 2.26. The third kappa shape index (κ3) is 20.7. The van der Waals surface area contributed by atoms with E-state index in [9.17, 15) is 63.0 Å². The van der Waals surface area contributed by atoms with E-state index in [1.54, 1.807) is 80.2 Å². The lowest BCUT2D eigenvalue weighted by atomic mass is 10.0. The van der Waals surface area contributed by atoms with E-state index in [2.05, 4.69) is 31.9 Å². The Morgan fingerprint density at radius 3 is 1.35 bits per heavy atom. The number of carbonyl (C=O) groups excluding carboxylic acids is 11. The predicted molar refractivity (Wildman–Crippen MR) is 357 cm³/mol. The van der Waals surface area contributed by atoms with Crippen LogP contribution < -0.4 is 49.1 Å². The summed E-state index contributed by atoms with van der Waals surface area (Å²) < 4.78 is 0. The standard InChI is InChI=1S/C68H95N13O14S/c1-41(2)57(63(89)73-48(29-30-56(71)83)65(91)79-34-13-23-54(79)61(87)76-51(68(94)95)40-43-18-8-5-9-19-43)77-62(88)55-24-15-36-81(55)66(92)49(39-44-25-27-45(82)28-26-44)74-58(84)47(20-10-11-32-69)72-59(85)53-22-14-35-80(53)67(93)50(38-42-16-6-4-7-17-42)75-60(86)52-21-12-33-78(52)64(90)46(70)31-37-96-3/h4-9,16-19,25-28,41,46-55,57,82H,10-15,20-24,29-40,69-70H2,1-3H3,(H2,71,83)(H,72,85)(H,73,89)(H,74,84)(H,75,86)(H,76,87)(H,77,88)(H,94,95)/t46-,47-,48-,49-,50-,51-,52-,53-,54-,55-,57-/m0/s1. The molecule has 4 fully saturated rings. The first kappa shape index (κ1) is 74.8. The van der Waals surface area contributed by atoms with Crippen molar-refractivity contribution in [3.05, 3.63) is 102 Å². The van der Waals surface area contributed by atoms with Gasteiger partial charge in [-0.25, -0.2) is 4.79 Å². The Labute approximate surface area is 564 Å². The number of unbranched alkanes of at least 4 members (excludes halogenated alkanes) is 1. The van der Waals surface area contributed by atoms with Crippen LogP contribution in [0.5, 0.6) is 5.75 Å². The summed E-state index contributed by atoms with van der Waals surface area (Å²) in [7, 11) is 0. The molecular formula is C68H95N13O14S. The molecule has 14 N–H and O–H groups in total. The summed E-state index contributed by atoms with van der Waals surface area (Å²) in [6.07, 6.45) is 5.15. The Morgan fingerprint density at radius 1 is 0.500 bits per heavy atom. The van der Waals surface area contributed by atoms with Crippen LogP contribution in [0.3, 0.4) is 0 Å². The van der Waals surface area contributed by atoms with Crippen LogP contribution in [-0.2, 0) is 76.8 Å². The number of nitrogens with two attached hydrogens (primary N) is 3. The van der Waals surface area contributed by atoms with Crippen LogP contribution in [0.1, 0.15) is 120 Å². The van der Waals surface area contributed by atoms with E-state index in [1.165, 1.54) is 31.7 Å². The molecule has 4 aliphatic heterocycles. The summed E-state index contributed by atoms with van der Waals surface area (Å²) in [6.45, 7) is 4.19. The first-order valence-electron chi connectivity index (χ1n) is 33.4. The number of thioether (sulfide) groups is 1. The monoisotopic (exact) mass is 1350 g/mol. The quantitative estimate of drug-likeness (QED) is 0.0363. The second-order valence-corrected chi connectivity index (χ2v) is 26.5. The van der Waals surface area contributed by atoms with Crippen molar-refractivity contribution in [2.24, 2.45) is 23.1 Å². The Morgan fingerprint density at radius 2 is 0.906 bits per heavy atom. The fraction of sp³-hybridized carbons (Fsp3) is 0.559. The van der Waals surface area contributed by atoms with Gasteiger partial charge in [0, 0.05) is 51.9 Å². The third-order valence-electron chi connectivity index (χ3n) is 18.2. The van der Waals surface area contributed by atoms with Gasteiger partial charge in [0.1, 0.15) is 66.2 Å². The molecule has 4 heterocycles. The van der Waals surface area contributed by atoms with E-state index in [-0.39, 0.29) is 95.6 Å². The molecule has 0 spiro atoms. The first-order chi connectivity index (χ1) is 46.0. The minimum absolute atomic E-state index is 0.0254. The van der Waals surface area contributed by atoms with Gasteiger partial charge in [-0.1, -0.05) is 86.6 Å². The predicted octanol–water partition coefficient (Wildman–Crippen LogP) is 0.508. The van der Waals surface area contributed by atoms with Crippen molar-refractivity contribution in [1.29, 1.82) is 0 Å². The summed E-state index contributed by atoms with van der Waals surface area (Å²) in [5.41, 5.74) is 19.6. The SMILES string of the molecule is CSCC[C@H](N)C(=O)N1CCC[C@H]1C(=O)N[C@@H](Cc1ccccc1)C(=O)N1CCC[C@H]1C(=O)N[C@@H](CCCCN)C(=O)N[C@@H](Cc1ccc(O)cc1)C(=O)N1CCC[C@H]1C(=O)N[C@H](C(=O)N[C@@H](CCC(N)=O)C(=O)N1CCC[C@H]1C(=O)N[C@@H](Cc1ccccc1)C(=O)O)C(C)C. The summed E-state index contributed by atoms with van der Waals surface area (Å²) in [5, 5.41) is 36.9. The molecule has 0 saturated carbocycles. The van der Waals surface area contributed by atoms with E-state index in [0.717, 1.165) is 5.56 Å². The Balaban J connectivity index is 1.06. The zero-order chi connectivity index (χ0) is 69.6. The number of aromatic hydroxyl groups is 1. The largest absolute Gasteiger partial charge is 0.508 e. The maximum absolute atomic E-state index is 15.1. The van der Waals surface area contributed by atoms with Gasteiger partial charge in [-0.3, -0.25) is 52.7 Å². The van der Waals surface area contributed by atoms with Gasteiger partial charge in [0.15, 0.2) is 0 Å². The number of phenols is 1. The van der Waals surface area contributed by atoms with Crippen LogP contribution in [0, 0.1) is 5.92 Å². The van der Waals surface area contributed by atoms with Crippen molar-refractivity contribution in [3.63, 3.8) is 0 Å². The van der Waals surface area contributed by atoms with Crippen LogP contribution >= 0.6 is 11.8 Å². The molecule has 3 aromatic carbocycles. The molecule has 4 aliphatic rings. The number of amides is 11. The molecule has 0 radical (unpaired) electrons. The van der Waals surface area contributed by atoms with Gasteiger partial charge in [-0.15, -0.1) is 0 Å². The van der Waals surface area contributed by atoms with Crippen LogP contribution in [-0.4, -0.2) is 212 Å². The molecule has 96 heavy (non-hydrogen) atoms. The Kier molecular flexibility index (Phi) is 28.4. The fourth-order valence-corrected chi connectivity index (χ4v) is 13.5. The third-order valence-corrected chi connectivity index (χ3v) is 18.9. The molecule has 28 heteroatoms. The number of aliphatic carboxylic acids is 1. The highest BCUT2D eigenvalue weighted by atomic mass is 32.2. The lowest BCUT2D eigenvalue weighted by Crippen LogP contribution is -2.61. The molecule has 0 aliphatic carbocycles. The number of nitrogens with one attached hydrogen (secondary N) is 6. The van der Waals surface area contributed by atoms with Gasteiger partial charge in [-0.2, -0.15) is 11.8 Å². The zero-order valence-electron chi connectivity index (χ0n) is 55.0. The minimum Gasteiger partial charge on any atom is -0.508 e. The lowest BCUT2D eigenvalue weighted by Gasteiger charge is -2.33. The number of carboxylic acids is 1. The second kappa shape index (κ2) is 36.5. The summed E-state index contributed by atoms with van der Waals surface area (Å²) >= 11 is 1.56. The smallest absolute Gasteiger partial charge is 0.326 e. The number of carboxylic acid groups (broad SMARTS) is 1. The van der Waals surface area contributed by atoms with Crippen molar-refractivity contribution in [3.8, 4) is 5.75 Å². The number of hydrogen-bond donors (Lipinski definition) is 11. The number of hydrogen-bond acceptors (Lipinski definition) is 16. The van der Waals surface area contributed by atoms with E-state index >= 15 is 4.79 Å². The number of likely N-dealkylation sites (tertiary alicyclic amines) is 4. The van der Waals surface area contributed by atoms with Crippen LogP contribution in [0.15, 0.2) is 84.9 Å². The van der Waals surface area contributed by atoms with Gasteiger partial charge in [-0.05, 0) is 137 Å². The Hall–Kier alpha value is -8.63. The van der Waals surface area contributed by atoms with Crippen molar-refractivity contribution >= 4 is 82.7 Å². The molecule has 4 saturated heterocycles. The molecule has 0 bridgehead atoms. The molecule has 522 valence electrons. The highest BCUT2D eigenvalue weighted by molar-refractivity contribution is 7.98. The average molecular weight is 1350 g/mol. The van der Waals surface area contributed by atoms with Crippen LogP contribution in [0.25, 0.3) is 0 Å². The number of benzene rings is 3. The molecule has 27 nitrogen and oxygen atoms in total. The second-order valence-electron chi connectivity index (χ2n) is 25.6. The van der Waals surface area contributed by atoms with Gasteiger partial charge in [0.2, 0.25) is 65.0 Å². The van der Waals surface area contributed by atoms with Crippen LogP contribution in [0.2, 0.25) is 0 Å². The lowest BCUT2D eigenvalue weighted by molar-refractivity contribution is -0.145. The summed E-state index contributed by atoms with van der Waals surface area (Å²) in [4.78, 5) is 174. The number of primary amides is 1. The van der Waals surface area contributed by atoms with Crippen molar-refractivity contribution in [1.82, 2.24) is 51.5 Å². The molecule has 3 aromatic rings. The number of carbonyl (C=O) groups is 12. The van der Waals surface area contributed by atoms with E-state index in [4.69, 9.17) is 17.2 Å². The zero-order valence-corrected chi connectivity index (χ0v) is 55.8. The Bertz CT molecular complexity index is 3200. The maximum atomic E-state index is 15.1. The average Bonchev–Trinajstić information content (AvgIpc) is 1.62. The molecule has 11 amide bonds. The fourth-order valence-electron chi connectivity index (χ4n) is 13.0. The van der Waals surface area contributed by atoms with Crippen molar-refractivity contribution in [2.45, 2.75) is 189 Å². The minimum atomic E-state index is -1.42. The van der Waals surface area contributed by atoms with E-state index < -0.39 is 137 Å². The maximum Gasteiger partial charge on any atom is 0.326 e. The number of phenolic OH excluding ortho intramolecular Hbond substituents is 1. The van der Waals surface area contributed by atoms with E-state index in [0.29, 0.717) is 74.8 Å². The molecule has 0 unspecified atom stereocenters. The van der Waals surface area contributed by atoms with Crippen molar-refractivity contribution in [2.75, 3.05) is 44.7 Å². The summed E-state index contributed by atoms with van der Waals surface area (Å²) in [6, 6.07) is 10.8. The van der Waals surface area contributed by atoms with Gasteiger partial charge in [0.05, 0.1) is 6.04 Å². The normalized spacial score (nSPS) is 19.9. The molecule has 7 rings (SSSR count). The van der Waals surface area contributed by atoms with Gasteiger partial charge < -0.3 is 78.9 Å². The topological polar surface area (TPSA) is 408 Å². The summed E-state index contributed by atoms with van der Waals surface area (Å²) in [5.74, 6) is -8.55. The molecule has 0 aromatic heterocycles. The highest BCUT2D eigenvalue weighted by Gasteiger charge is 2.45. The molecule has 11 atom stereocenters. The van der Waals surface area contributed by atoms with Gasteiger partial charge in [0.25, 0.3) is 0 Å².